The number of hydrogen-bond donors (Lipinski definition) is 2. The molecule has 3 heterocycles. The van der Waals surface area contributed by atoms with Gasteiger partial charge in [-0.3, -0.25) is 14.4 Å². The molecule has 2 aromatic rings. The van der Waals surface area contributed by atoms with Gasteiger partial charge in [0, 0.05) is 37.8 Å². The van der Waals surface area contributed by atoms with Gasteiger partial charge >= 0.3 is 0 Å². The highest BCUT2D eigenvalue weighted by Gasteiger charge is 2.56. The van der Waals surface area contributed by atoms with E-state index >= 15 is 0 Å². The molecule has 29 heavy (non-hydrogen) atoms. The number of carbonyl (C=O) groups excluding carboxylic acids is 2. The maximum atomic E-state index is 13.4. The van der Waals surface area contributed by atoms with E-state index in [2.05, 4.69) is 5.32 Å². The van der Waals surface area contributed by atoms with Gasteiger partial charge in [0.05, 0.1) is 24.0 Å². The van der Waals surface area contributed by atoms with E-state index in [-0.39, 0.29) is 36.6 Å². The monoisotopic (exact) mass is 395 g/mol. The third kappa shape index (κ3) is 3.15. The Kier molecular flexibility index (Phi) is 5.00. The Hall–Kier alpha value is -2.93. The van der Waals surface area contributed by atoms with E-state index in [9.17, 15) is 19.5 Å². The first-order chi connectivity index (χ1) is 13.9. The molecule has 0 saturated carbocycles. The van der Waals surface area contributed by atoms with Gasteiger partial charge in [0.2, 0.25) is 11.8 Å². The highest BCUT2D eigenvalue weighted by Crippen LogP contribution is 2.48. The van der Waals surface area contributed by atoms with Crippen molar-refractivity contribution < 1.29 is 14.7 Å². The van der Waals surface area contributed by atoms with Gasteiger partial charge in [-0.25, -0.2) is 0 Å². The van der Waals surface area contributed by atoms with Crippen molar-refractivity contribution in [2.45, 2.75) is 38.5 Å². The summed E-state index contributed by atoms with van der Waals surface area (Å²) >= 11 is 0. The van der Waals surface area contributed by atoms with Gasteiger partial charge in [-0.05, 0) is 18.6 Å². The Labute approximate surface area is 169 Å². The average molecular weight is 395 g/mol. The van der Waals surface area contributed by atoms with Gasteiger partial charge in [0.25, 0.3) is 5.56 Å². The number of aliphatic hydroxyl groups excluding tert-OH is 1. The largest absolute Gasteiger partial charge is 0.396 e. The zero-order chi connectivity index (χ0) is 20.7. The van der Waals surface area contributed by atoms with Crippen LogP contribution in [0.15, 0.2) is 53.3 Å². The smallest absolute Gasteiger partial charge is 0.250 e. The first-order valence-electron chi connectivity index (χ1n) is 9.89. The molecular weight excluding hydrogens is 370 g/mol. The number of benzene rings is 1. The molecule has 2 N–H and O–H groups in total. The summed E-state index contributed by atoms with van der Waals surface area (Å²) < 4.78 is 1.63. The third-order valence-electron chi connectivity index (χ3n) is 6.24. The molecule has 4 rings (SSSR count). The molecule has 1 aromatic carbocycles. The molecule has 2 aliphatic heterocycles. The Morgan fingerprint density at radius 2 is 1.90 bits per heavy atom. The standard InChI is InChI=1S/C22H25N3O4/c1-13(15-7-4-3-5-8-15)23-22(29)20-16(12-26)18-11-24-17(9-6-10-19(24)28)21(20)25(18)14(2)27/h3-10,13,16,18,20-21,26H,11-12H2,1-2H3,(H,23,29)/t13-,16+,18+,20-,21-/m1/s1. The lowest BCUT2D eigenvalue weighted by Gasteiger charge is -2.37. The van der Waals surface area contributed by atoms with Crippen molar-refractivity contribution in [3.63, 3.8) is 0 Å². The Bertz CT molecular complexity index is 987. The number of fused-ring (bicyclic) bond motifs is 4. The molecule has 0 radical (unpaired) electrons. The molecule has 2 amide bonds. The van der Waals surface area contributed by atoms with Gasteiger partial charge < -0.3 is 19.9 Å². The topological polar surface area (TPSA) is 91.6 Å². The zero-order valence-electron chi connectivity index (χ0n) is 16.5. The van der Waals surface area contributed by atoms with Crippen LogP contribution in [0.5, 0.6) is 0 Å². The molecule has 7 heteroatoms. The van der Waals surface area contributed by atoms with E-state index in [0.29, 0.717) is 5.69 Å². The number of amides is 2. The quantitative estimate of drug-likeness (QED) is 0.815. The molecule has 2 bridgehead atoms. The minimum atomic E-state index is -0.629. The summed E-state index contributed by atoms with van der Waals surface area (Å²) in [6.07, 6.45) is 0. The van der Waals surface area contributed by atoms with Crippen molar-refractivity contribution in [1.82, 2.24) is 14.8 Å². The van der Waals surface area contributed by atoms with E-state index in [4.69, 9.17) is 0 Å². The lowest BCUT2D eigenvalue weighted by Crippen LogP contribution is -2.48. The van der Waals surface area contributed by atoms with Gasteiger partial charge in [-0.2, -0.15) is 0 Å². The molecule has 5 atom stereocenters. The number of aliphatic hydroxyl groups is 1. The minimum Gasteiger partial charge on any atom is -0.396 e. The Balaban J connectivity index is 1.72. The number of rotatable bonds is 4. The number of pyridine rings is 1. The van der Waals surface area contributed by atoms with E-state index < -0.39 is 23.9 Å². The number of aromatic nitrogens is 1. The molecule has 0 spiro atoms. The van der Waals surface area contributed by atoms with Crippen molar-refractivity contribution in [3.05, 3.63) is 70.1 Å². The van der Waals surface area contributed by atoms with Crippen LogP contribution in [0.25, 0.3) is 0 Å². The van der Waals surface area contributed by atoms with Crippen LogP contribution in [-0.2, 0) is 16.1 Å². The van der Waals surface area contributed by atoms with Crippen LogP contribution in [-0.4, -0.2) is 39.0 Å². The first-order valence-corrected chi connectivity index (χ1v) is 9.89. The van der Waals surface area contributed by atoms with Crippen LogP contribution in [0.3, 0.4) is 0 Å². The second-order valence-electron chi connectivity index (χ2n) is 7.85. The Morgan fingerprint density at radius 3 is 2.55 bits per heavy atom. The van der Waals surface area contributed by atoms with Crippen LogP contribution in [0.1, 0.15) is 37.2 Å². The SMILES string of the molecule is CC(=O)N1[C@@H]2c3cccc(=O)n3C[C@H]1[C@H](CO)[C@H]2C(=O)N[C@H](C)c1ccccc1. The van der Waals surface area contributed by atoms with E-state index in [1.165, 1.54) is 13.0 Å². The average Bonchev–Trinajstić information content (AvgIpc) is 2.96. The fourth-order valence-corrected chi connectivity index (χ4v) is 4.92. The molecule has 0 unspecified atom stereocenters. The number of carbonyl (C=O) groups is 2. The lowest BCUT2D eigenvalue weighted by molar-refractivity contribution is -0.134. The second-order valence-corrected chi connectivity index (χ2v) is 7.85. The second kappa shape index (κ2) is 7.48. The molecule has 1 fully saturated rings. The van der Waals surface area contributed by atoms with Crippen LogP contribution >= 0.6 is 0 Å². The van der Waals surface area contributed by atoms with Crippen LogP contribution in [0, 0.1) is 11.8 Å². The lowest BCUT2D eigenvalue weighted by atomic mass is 9.86. The van der Waals surface area contributed by atoms with Crippen molar-refractivity contribution >= 4 is 11.8 Å². The fraction of sp³-hybridized carbons (Fsp3) is 0.409. The predicted octanol–water partition coefficient (Wildman–Crippen LogP) is 1.24. The molecule has 1 aromatic heterocycles. The van der Waals surface area contributed by atoms with Gasteiger partial charge in [0.1, 0.15) is 0 Å². The van der Waals surface area contributed by atoms with Crippen LogP contribution in [0.2, 0.25) is 0 Å². The van der Waals surface area contributed by atoms with Gasteiger partial charge in [-0.15, -0.1) is 0 Å². The van der Waals surface area contributed by atoms with Crippen molar-refractivity contribution in [3.8, 4) is 0 Å². The number of nitrogens with one attached hydrogen (secondary N) is 1. The molecule has 2 aliphatic rings. The number of nitrogens with zero attached hydrogens (tertiary/aromatic N) is 2. The number of hydrogen-bond acceptors (Lipinski definition) is 4. The van der Waals surface area contributed by atoms with Crippen LogP contribution in [0.4, 0.5) is 0 Å². The van der Waals surface area contributed by atoms with E-state index in [1.54, 1.807) is 21.6 Å². The van der Waals surface area contributed by atoms with E-state index in [0.717, 1.165) is 5.56 Å². The van der Waals surface area contributed by atoms with Crippen molar-refractivity contribution in [2.24, 2.45) is 11.8 Å². The van der Waals surface area contributed by atoms with Gasteiger partial charge in [0.15, 0.2) is 0 Å². The summed E-state index contributed by atoms with van der Waals surface area (Å²) in [5.41, 5.74) is 1.46. The van der Waals surface area contributed by atoms with Crippen LogP contribution < -0.4 is 10.9 Å². The molecule has 1 saturated heterocycles. The summed E-state index contributed by atoms with van der Waals surface area (Å²) in [5.74, 6) is -1.45. The maximum Gasteiger partial charge on any atom is 0.250 e. The summed E-state index contributed by atoms with van der Waals surface area (Å²) in [6.45, 7) is 3.43. The highest BCUT2D eigenvalue weighted by molar-refractivity contribution is 5.84. The first kappa shape index (κ1) is 19.4. The van der Waals surface area contributed by atoms with Crippen molar-refractivity contribution in [1.29, 1.82) is 0 Å². The molecule has 7 nitrogen and oxygen atoms in total. The molecular formula is C22H25N3O4. The van der Waals surface area contributed by atoms with Gasteiger partial charge in [-0.1, -0.05) is 36.4 Å². The summed E-state index contributed by atoms with van der Waals surface area (Å²) in [5, 5.41) is 13.2. The maximum absolute atomic E-state index is 13.4. The fourth-order valence-electron chi connectivity index (χ4n) is 4.92. The zero-order valence-corrected chi connectivity index (χ0v) is 16.5. The molecule has 152 valence electrons. The predicted molar refractivity (Wildman–Crippen MR) is 107 cm³/mol. The summed E-state index contributed by atoms with van der Waals surface area (Å²) in [7, 11) is 0. The molecule has 0 aliphatic carbocycles. The highest BCUT2D eigenvalue weighted by atomic mass is 16.3. The third-order valence-corrected chi connectivity index (χ3v) is 6.24. The normalized spacial score (nSPS) is 26.0. The minimum absolute atomic E-state index is 0.156. The summed E-state index contributed by atoms with van der Waals surface area (Å²) in [4.78, 5) is 39.9. The van der Waals surface area contributed by atoms with E-state index in [1.807, 2.05) is 37.3 Å². The van der Waals surface area contributed by atoms with Crippen molar-refractivity contribution in [2.75, 3.05) is 6.61 Å². The summed E-state index contributed by atoms with van der Waals surface area (Å²) in [6, 6.07) is 13.4. The Morgan fingerprint density at radius 1 is 1.17 bits per heavy atom.